The van der Waals surface area contributed by atoms with E-state index in [1.807, 2.05) is 6.20 Å². The van der Waals surface area contributed by atoms with Gasteiger partial charge in [0.2, 0.25) is 5.88 Å². The number of β-amino-alcohol motifs (C(OH)–C–C–N with tert-alkyl or cyclic N) is 1. The summed E-state index contributed by atoms with van der Waals surface area (Å²) in [5.74, 6) is 1.34. The molecule has 1 aliphatic heterocycles. The summed E-state index contributed by atoms with van der Waals surface area (Å²) in [6.07, 6.45) is 5.45. The van der Waals surface area contributed by atoms with Crippen LogP contribution in [-0.4, -0.2) is 66.4 Å². The lowest BCUT2D eigenvalue weighted by Crippen LogP contribution is -2.49. The number of anilines is 1. The Labute approximate surface area is 227 Å². The van der Waals surface area contributed by atoms with Crippen LogP contribution in [0.1, 0.15) is 44.2 Å². The van der Waals surface area contributed by atoms with Crippen LogP contribution in [0.15, 0.2) is 53.5 Å². The lowest BCUT2D eigenvalue weighted by molar-refractivity contribution is -0.00286. The molecule has 2 N–H and O–H groups in total. The van der Waals surface area contributed by atoms with Crippen molar-refractivity contribution < 1.29 is 9.84 Å². The number of pyridine rings is 1. The summed E-state index contributed by atoms with van der Waals surface area (Å²) in [7, 11) is 1.63. The number of aliphatic hydroxyl groups is 1. The molecule has 10 heteroatoms. The first-order valence-electron chi connectivity index (χ1n) is 13.8. The molecule has 0 amide bonds. The first-order valence-corrected chi connectivity index (χ1v) is 13.8. The van der Waals surface area contributed by atoms with Crippen LogP contribution in [0, 0.1) is 0 Å². The predicted molar refractivity (Wildman–Crippen MR) is 150 cm³/mol. The van der Waals surface area contributed by atoms with Gasteiger partial charge >= 0.3 is 0 Å². The molecule has 0 spiro atoms. The minimum atomic E-state index is -0.189. The van der Waals surface area contributed by atoms with Crippen molar-refractivity contribution in [3.8, 4) is 17.1 Å². The second-order valence-corrected chi connectivity index (χ2v) is 10.6. The standard InChI is InChI=1S/C29H35N7O3/c1-3-30-26-14-25-24(15-31-26)29(20-6-4-19(5-7-20)16-35-17-22(37)18-35)33-36(25)21-8-10-23(11-9-21)39-27-12-13-28(38)34(2)32-27/h4-7,12-15,21-23,37H,3,8-11,16-18H2,1-2H3,(H,30,31)/t21-,23+. The Morgan fingerprint density at radius 3 is 2.51 bits per heavy atom. The van der Waals surface area contributed by atoms with Crippen molar-refractivity contribution in [2.24, 2.45) is 7.05 Å². The summed E-state index contributed by atoms with van der Waals surface area (Å²) in [4.78, 5) is 18.5. The van der Waals surface area contributed by atoms with E-state index in [1.54, 1.807) is 13.1 Å². The zero-order valence-corrected chi connectivity index (χ0v) is 22.5. The maximum atomic E-state index is 11.6. The zero-order valence-electron chi connectivity index (χ0n) is 22.5. The number of hydrogen-bond donors (Lipinski definition) is 2. The number of hydrogen-bond acceptors (Lipinski definition) is 8. The lowest BCUT2D eigenvalue weighted by Gasteiger charge is -2.35. The minimum Gasteiger partial charge on any atom is -0.473 e. The first-order chi connectivity index (χ1) is 19.0. The van der Waals surface area contributed by atoms with Gasteiger partial charge < -0.3 is 15.2 Å². The molecule has 0 bridgehead atoms. The number of likely N-dealkylation sites (tertiary alicyclic amines) is 1. The van der Waals surface area contributed by atoms with Crippen LogP contribution >= 0.6 is 0 Å². The molecule has 1 aromatic carbocycles. The number of aromatic nitrogens is 5. The molecule has 1 aliphatic carbocycles. The van der Waals surface area contributed by atoms with E-state index in [2.05, 4.69) is 62.2 Å². The normalized spacial score (nSPS) is 20.2. The van der Waals surface area contributed by atoms with E-state index in [0.717, 1.165) is 79.8 Å². The van der Waals surface area contributed by atoms with E-state index in [1.165, 1.54) is 16.3 Å². The molecule has 2 fully saturated rings. The molecule has 10 nitrogen and oxygen atoms in total. The molecule has 0 unspecified atom stereocenters. The summed E-state index contributed by atoms with van der Waals surface area (Å²) in [5.41, 5.74) is 4.18. The van der Waals surface area contributed by atoms with Crippen molar-refractivity contribution >= 4 is 16.7 Å². The fourth-order valence-corrected chi connectivity index (χ4v) is 5.62. The molecule has 4 aromatic rings. The average Bonchev–Trinajstić information content (AvgIpc) is 3.30. The molecule has 39 heavy (non-hydrogen) atoms. The van der Waals surface area contributed by atoms with Crippen molar-refractivity contribution in [2.75, 3.05) is 25.0 Å². The Kier molecular flexibility index (Phi) is 7.05. The Hall–Kier alpha value is -3.76. The summed E-state index contributed by atoms with van der Waals surface area (Å²) in [6.45, 7) is 5.20. The van der Waals surface area contributed by atoms with Crippen LogP contribution in [0.25, 0.3) is 22.2 Å². The molecule has 2 aliphatic rings. The number of nitrogens with zero attached hydrogens (tertiary/aromatic N) is 6. The number of fused-ring (bicyclic) bond motifs is 1. The van der Waals surface area contributed by atoms with E-state index in [4.69, 9.17) is 9.84 Å². The van der Waals surface area contributed by atoms with Gasteiger partial charge in [-0.2, -0.15) is 5.10 Å². The van der Waals surface area contributed by atoms with Gasteiger partial charge in [-0.1, -0.05) is 24.3 Å². The Balaban J connectivity index is 1.23. The summed E-state index contributed by atoms with van der Waals surface area (Å²) in [6, 6.07) is 14.1. The monoisotopic (exact) mass is 529 g/mol. The Morgan fingerprint density at radius 2 is 1.82 bits per heavy atom. The Morgan fingerprint density at radius 1 is 1.05 bits per heavy atom. The van der Waals surface area contributed by atoms with E-state index in [-0.39, 0.29) is 23.8 Å². The third kappa shape index (κ3) is 5.39. The highest BCUT2D eigenvalue weighted by atomic mass is 16.5. The van der Waals surface area contributed by atoms with Crippen molar-refractivity contribution in [3.63, 3.8) is 0 Å². The SMILES string of the molecule is CCNc1cc2c(cn1)c(-c1ccc(CN3CC(O)C3)cc1)nn2[C@H]1CC[C@@H](Oc2ccc(=O)n(C)n2)CC1. The maximum Gasteiger partial charge on any atom is 0.266 e. The van der Waals surface area contributed by atoms with Crippen LogP contribution in [-0.2, 0) is 13.6 Å². The highest BCUT2D eigenvalue weighted by Crippen LogP contribution is 2.36. The van der Waals surface area contributed by atoms with E-state index in [9.17, 15) is 9.90 Å². The van der Waals surface area contributed by atoms with Crippen LogP contribution in [0.3, 0.4) is 0 Å². The van der Waals surface area contributed by atoms with Gasteiger partial charge in [-0.15, -0.1) is 5.10 Å². The first kappa shape index (κ1) is 25.5. The number of benzene rings is 1. The van der Waals surface area contributed by atoms with Gasteiger partial charge in [-0.05, 0) is 38.2 Å². The van der Waals surface area contributed by atoms with Gasteiger partial charge in [-0.25, -0.2) is 9.67 Å². The summed E-state index contributed by atoms with van der Waals surface area (Å²) >= 11 is 0. The van der Waals surface area contributed by atoms with Crippen molar-refractivity contribution in [2.45, 2.75) is 57.4 Å². The molecule has 6 rings (SSSR count). The maximum absolute atomic E-state index is 11.6. The van der Waals surface area contributed by atoms with Gasteiger partial charge in [0, 0.05) is 68.6 Å². The highest BCUT2D eigenvalue weighted by Gasteiger charge is 2.27. The van der Waals surface area contributed by atoms with Gasteiger partial charge in [0.05, 0.1) is 17.7 Å². The molecule has 1 saturated heterocycles. The number of aryl methyl sites for hydroxylation is 1. The number of rotatable bonds is 8. The lowest BCUT2D eigenvalue weighted by atomic mass is 9.93. The smallest absolute Gasteiger partial charge is 0.266 e. The van der Waals surface area contributed by atoms with E-state index >= 15 is 0 Å². The fraction of sp³-hybridized carbons (Fsp3) is 0.448. The molecule has 1 saturated carbocycles. The number of aliphatic hydroxyl groups excluding tert-OH is 1. The number of nitrogens with one attached hydrogen (secondary N) is 1. The van der Waals surface area contributed by atoms with Crippen LogP contribution in [0.2, 0.25) is 0 Å². The molecule has 4 heterocycles. The highest BCUT2D eigenvalue weighted by molar-refractivity contribution is 5.94. The van der Waals surface area contributed by atoms with Gasteiger partial charge in [0.25, 0.3) is 5.56 Å². The van der Waals surface area contributed by atoms with Gasteiger partial charge in [-0.3, -0.25) is 14.4 Å². The summed E-state index contributed by atoms with van der Waals surface area (Å²) in [5, 5.41) is 23.3. The summed E-state index contributed by atoms with van der Waals surface area (Å²) < 4.78 is 9.59. The van der Waals surface area contributed by atoms with E-state index < -0.39 is 0 Å². The Bertz CT molecular complexity index is 1500. The third-order valence-electron chi connectivity index (χ3n) is 7.73. The van der Waals surface area contributed by atoms with Crippen molar-refractivity contribution in [1.29, 1.82) is 0 Å². The molecule has 0 atom stereocenters. The van der Waals surface area contributed by atoms with Crippen LogP contribution in [0.5, 0.6) is 5.88 Å². The van der Waals surface area contributed by atoms with Crippen LogP contribution < -0.4 is 15.6 Å². The van der Waals surface area contributed by atoms with Gasteiger partial charge in [0.1, 0.15) is 17.6 Å². The van der Waals surface area contributed by atoms with Gasteiger partial charge in [0.15, 0.2) is 0 Å². The fourth-order valence-electron chi connectivity index (χ4n) is 5.62. The van der Waals surface area contributed by atoms with E-state index in [0.29, 0.717) is 5.88 Å². The molecule has 0 radical (unpaired) electrons. The van der Waals surface area contributed by atoms with Crippen LogP contribution in [0.4, 0.5) is 5.82 Å². The molecule has 3 aromatic heterocycles. The minimum absolute atomic E-state index is 0.0617. The molecule has 204 valence electrons. The zero-order chi connectivity index (χ0) is 26.9. The van der Waals surface area contributed by atoms with Crippen molar-refractivity contribution in [3.05, 3.63) is 64.6 Å². The quantitative estimate of drug-likeness (QED) is 0.358. The average molecular weight is 530 g/mol. The third-order valence-corrected chi connectivity index (χ3v) is 7.73. The second-order valence-electron chi connectivity index (χ2n) is 10.6. The largest absolute Gasteiger partial charge is 0.473 e. The molecular formula is C29H35N7O3. The topological polar surface area (TPSA) is 110 Å². The molecular weight excluding hydrogens is 494 g/mol. The predicted octanol–water partition coefficient (Wildman–Crippen LogP) is 3.36. The van der Waals surface area contributed by atoms with Crippen molar-refractivity contribution in [1.82, 2.24) is 29.4 Å². The second kappa shape index (κ2) is 10.8. The number of ether oxygens (including phenoxy) is 1.